The molecular weight excluding hydrogens is 394 g/mol. The monoisotopic (exact) mass is 411 g/mol. The van der Waals surface area contributed by atoms with E-state index in [0.29, 0.717) is 11.7 Å². The van der Waals surface area contributed by atoms with Crippen LogP contribution in [0.2, 0.25) is 5.15 Å². The summed E-state index contributed by atoms with van der Waals surface area (Å²) in [5, 5.41) is 11.7. The first kappa shape index (κ1) is 18.5. The van der Waals surface area contributed by atoms with Crippen molar-refractivity contribution < 1.29 is 4.42 Å². The zero-order valence-electron chi connectivity index (χ0n) is 15.4. The molecule has 0 fully saturated rings. The molecule has 28 heavy (non-hydrogen) atoms. The number of hydrogen-bond acceptors (Lipinski definition) is 5. The van der Waals surface area contributed by atoms with Crippen LogP contribution >= 0.6 is 22.9 Å². The van der Waals surface area contributed by atoms with E-state index in [2.05, 4.69) is 15.2 Å². The van der Waals surface area contributed by atoms with Gasteiger partial charge in [0.25, 0.3) is 0 Å². The van der Waals surface area contributed by atoms with Crippen LogP contribution in [0.4, 0.5) is 0 Å². The Morgan fingerprint density at radius 3 is 2.75 bits per heavy atom. The lowest BCUT2D eigenvalue weighted by molar-refractivity contribution is 0.575. The standard InChI is InChI=1S/C20H18ClN5OS/c1-3-22-20-26(17(13-28-20)18-10-7-11-27-18)23-12-16-14(2)24-25(19(16)21)15-8-5-4-6-9-15/h4-13H,3H2,1-2H3. The Morgan fingerprint density at radius 1 is 1.21 bits per heavy atom. The molecule has 3 heterocycles. The van der Waals surface area contributed by atoms with Gasteiger partial charge >= 0.3 is 0 Å². The van der Waals surface area contributed by atoms with E-state index >= 15 is 0 Å². The van der Waals surface area contributed by atoms with Gasteiger partial charge in [0.2, 0.25) is 4.80 Å². The average molecular weight is 412 g/mol. The van der Waals surface area contributed by atoms with Crippen molar-refractivity contribution in [1.82, 2.24) is 14.5 Å². The topological polar surface area (TPSA) is 60.6 Å². The minimum atomic E-state index is 0.511. The average Bonchev–Trinajstić information content (AvgIpc) is 3.42. The molecule has 1 aromatic carbocycles. The lowest BCUT2D eigenvalue weighted by Crippen LogP contribution is -2.12. The fraction of sp³-hybridized carbons (Fsp3) is 0.150. The van der Waals surface area contributed by atoms with Gasteiger partial charge < -0.3 is 4.42 Å². The minimum Gasteiger partial charge on any atom is -0.463 e. The number of aryl methyl sites for hydroxylation is 1. The summed E-state index contributed by atoms with van der Waals surface area (Å²) in [7, 11) is 0. The zero-order chi connectivity index (χ0) is 19.5. The number of para-hydroxylation sites is 1. The summed E-state index contributed by atoms with van der Waals surface area (Å²) in [4.78, 5) is 5.31. The highest BCUT2D eigenvalue weighted by atomic mass is 35.5. The van der Waals surface area contributed by atoms with E-state index in [1.807, 2.05) is 61.7 Å². The second-order valence-corrected chi connectivity index (χ2v) is 7.14. The van der Waals surface area contributed by atoms with Crippen LogP contribution in [-0.2, 0) is 0 Å². The summed E-state index contributed by atoms with van der Waals surface area (Å²) in [6, 6.07) is 13.5. The van der Waals surface area contributed by atoms with Crippen LogP contribution < -0.4 is 4.80 Å². The maximum absolute atomic E-state index is 6.61. The maximum atomic E-state index is 6.61. The van der Waals surface area contributed by atoms with Crippen LogP contribution in [0.5, 0.6) is 0 Å². The first-order valence-electron chi connectivity index (χ1n) is 8.79. The molecular formula is C20H18ClN5OS. The highest BCUT2D eigenvalue weighted by Gasteiger charge is 2.14. The number of hydrogen-bond donors (Lipinski definition) is 0. The highest BCUT2D eigenvalue weighted by Crippen LogP contribution is 2.23. The number of aromatic nitrogens is 3. The summed E-state index contributed by atoms with van der Waals surface area (Å²) < 4.78 is 9.02. The van der Waals surface area contributed by atoms with Crippen molar-refractivity contribution in [3.63, 3.8) is 0 Å². The summed E-state index contributed by atoms with van der Waals surface area (Å²) in [5.41, 5.74) is 3.29. The predicted molar refractivity (Wildman–Crippen MR) is 112 cm³/mol. The Balaban J connectivity index is 1.78. The van der Waals surface area contributed by atoms with Crippen molar-refractivity contribution in [3.05, 3.63) is 75.3 Å². The quantitative estimate of drug-likeness (QED) is 0.444. The Morgan fingerprint density at radius 2 is 2.04 bits per heavy atom. The Labute approximate surface area is 171 Å². The third-order valence-corrected chi connectivity index (χ3v) is 5.32. The normalized spacial score (nSPS) is 12.3. The molecule has 6 nitrogen and oxygen atoms in total. The highest BCUT2D eigenvalue weighted by molar-refractivity contribution is 7.07. The smallest absolute Gasteiger partial charge is 0.206 e. The van der Waals surface area contributed by atoms with Crippen LogP contribution in [0.3, 0.4) is 0 Å². The van der Waals surface area contributed by atoms with Crippen LogP contribution in [0, 0.1) is 6.92 Å². The number of nitrogens with zero attached hydrogens (tertiary/aromatic N) is 5. The summed E-state index contributed by atoms with van der Waals surface area (Å²) in [5.74, 6) is 0.730. The number of halogens is 1. The van der Waals surface area contributed by atoms with Crippen LogP contribution in [0.15, 0.2) is 68.6 Å². The van der Waals surface area contributed by atoms with Crippen LogP contribution in [0.1, 0.15) is 18.2 Å². The van der Waals surface area contributed by atoms with Crippen molar-refractivity contribution in [3.8, 4) is 17.1 Å². The summed E-state index contributed by atoms with van der Waals surface area (Å²) >= 11 is 8.12. The van der Waals surface area contributed by atoms with Crippen molar-refractivity contribution in [1.29, 1.82) is 0 Å². The van der Waals surface area contributed by atoms with Crippen molar-refractivity contribution in [2.24, 2.45) is 10.1 Å². The van der Waals surface area contributed by atoms with E-state index in [1.54, 1.807) is 21.8 Å². The molecule has 4 aromatic rings. The number of thiazole rings is 1. The van der Waals surface area contributed by atoms with E-state index in [-0.39, 0.29) is 0 Å². The third kappa shape index (κ3) is 3.46. The fourth-order valence-electron chi connectivity index (χ4n) is 2.76. The van der Waals surface area contributed by atoms with Gasteiger partial charge in [-0.15, -0.1) is 11.3 Å². The lowest BCUT2D eigenvalue weighted by atomic mass is 10.3. The molecule has 4 rings (SSSR count). The zero-order valence-corrected chi connectivity index (χ0v) is 17.0. The molecule has 0 atom stereocenters. The van der Waals surface area contributed by atoms with Crippen molar-refractivity contribution in [2.75, 3.05) is 6.54 Å². The van der Waals surface area contributed by atoms with Crippen molar-refractivity contribution >= 4 is 29.2 Å². The van der Waals surface area contributed by atoms with Gasteiger partial charge in [0.15, 0.2) is 5.76 Å². The van der Waals surface area contributed by atoms with Crippen molar-refractivity contribution in [2.45, 2.75) is 13.8 Å². The molecule has 0 spiro atoms. The Kier molecular flexibility index (Phi) is 5.27. The predicted octanol–water partition coefficient (Wildman–Crippen LogP) is 4.76. The molecule has 142 valence electrons. The first-order chi connectivity index (χ1) is 13.7. The molecule has 0 aliphatic heterocycles. The molecule has 0 aliphatic rings. The molecule has 0 unspecified atom stereocenters. The molecule has 0 radical (unpaired) electrons. The van der Waals surface area contributed by atoms with Gasteiger partial charge in [-0.3, -0.25) is 4.99 Å². The van der Waals surface area contributed by atoms with Gasteiger partial charge in [-0.1, -0.05) is 29.8 Å². The van der Waals surface area contributed by atoms with Crippen LogP contribution in [0.25, 0.3) is 17.1 Å². The molecule has 0 aliphatic carbocycles. The first-order valence-corrected chi connectivity index (χ1v) is 10.0. The molecule has 0 amide bonds. The van der Waals surface area contributed by atoms with E-state index in [0.717, 1.165) is 33.2 Å². The Bertz CT molecular complexity index is 1170. The molecule has 0 saturated carbocycles. The van der Waals surface area contributed by atoms with E-state index in [1.165, 1.54) is 11.3 Å². The van der Waals surface area contributed by atoms with Gasteiger partial charge in [-0.05, 0) is 38.1 Å². The molecule has 3 aromatic heterocycles. The maximum Gasteiger partial charge on any atom is 0.206 e. The molecule has 0 N–H and O–H groups in total. The fourth-order valence-corrected chi connectivity index (χ4v) is 3.97. The summed E-state index contributed by atoms with van der Waals surface area (Å²) in [6.45, 7) is 4.57. The largest absolute Gasteiger partial charge is 0.463 e. The van der Waals surface area contributed by atoms with Gasteiger partial charge in [0.1, 0.15) is 10.8 Å². The molecule has 0 saturated heterocycles. The van der Waals surface area contributed by atoms with Gasteiger partial charge in [0, 0.05) is 11.9 Å². The van der Waals surface area contributed by atoms with E-state index in [4.69, 9.17) is 16.0 Å². The Hall–Kier alpha value is -2.90. The SMILES string of the molecule is CCN=c1scc(-c2ccco2)n1N=Cc1c(C)nn(-c2ccccc2)c1Cl. The number of rotatable bonds is 5. The number of furan rings is 1. The van der Waals surface area contributed by atoms with Gasteiger partial charge in [0.05, 0.1) is 29.4 Å². The van der Waals surface area contributed by atoms with E-state index < -0.39 is 0 Å². The van der Waals surface area contributed by atoms with Gasteiger partial charge in [-0.2, -0.15) is 10.2 Å². The third-order valence-electron chi connectivity index (χ3n) is 4.10. The molecule has 0 bridgehead atoms. The second kappa shape index (κ2) is 8.00. The lowest BCUT2D eigenvalue weighted by Gasteiger charge is -2.02. The number of benzene rings is 1. The minimum absolute atomic E-state index is 0.511. The van der Waals surface area contributed by atoms with Gasteiger partial charge in [-0.25, -0.2) is 9.36 Å². The summed E-state index contributed by atoms with van der Waals surface area (Å²) in [6.07, 6.45) is 3.36. The molecule has 8 heteroatoms. The van der Waals surface area contributed by atoms with Crippen LogP contribution in [-0.4, -0.2) is 27.2 Å². The van der Waals surface area contributed by atoms with E-state index in [9.17, 15) is 0 Å². The second-order valence-electron chi connectivity index (χ2n) is 5.95.